The summed E-state index contributed by atoms with van der Waals surface area (Å²) in [6.07, 6.45) is 7.42. The molecule has 0 aliphatic carbocycles. The Balaban J connectivity index is 1.08. The van der Waals surface area contributed by atoms with E-state index in [1.54, 1.807) is 22.8 Å². The highest BCUT2D eigenvalue weighted by molar-refractivity contribution is 6.10. The Labute approximate surface area is 394 Å². The second-order valence-corrected chi connectivity index (χ2v) is 16.1. The molecule has 0 saturated heterocycles. The second kappa shape index (κ2) is 16.9. The molecule has 0 saturated carbocycles. The quantitative estimate of drug-likeness (QED) is 0.0960. The molecule has 0 radical (unpaired) electrons. The predicted molar refractivity (Wildman–Crippen MR) is 267 cm³/mol. The SMILES string of the molecule is [2H]c1c([2H])c([2H])c(-c2cccc(-c3c([2H])c([2H])c([2H])c([2H])c3[2H])c2-[n+]2[c-]n(-c3cccc(Oc4ccc5c6cc(-c7ccccc7)ccc6n(-c6cc(C(CC)CC)ccn6)c5c4)c3)c3cccc(C)c32)c([2H])c1[2H]. The van der Waals surface area contributed by atoms with Crippen molar-refractivity contribution in [3.63, 3.8) is 0 Å². The Bertz CT molecular complexity index is 3960. The fourth-order valence-corrected chi connectivity index (χ4v) is 9.15. The van der Waals surface area contributed by atoms with Gasteiger partial charge in [-0.3, -0.25) is 13.7 Å². The first-order valence-corrected chi connectivity index (χ1v) is 21.8. The van der Waals surface area contributed by atoms with Crippen LogP contribution in [0.4, 0.5) is 0 Å². The van der Waals surface area contributed by atoms with Gasteiger partial charge in [0.25, 0.3) is 6.33 Å². The van der Waals surface area contributed by atoms with Crippen molar-refractivity contribution in [3.8, 4) is 62.1 Å². The number of nitrogens with zero attached hydrogens (tertiary/aromatic N) is 4. The number of imidazole rings is 1. The Morgan fingerprint density at radius 1 is 0.600 bits per heavy atom. The molecular formula is C60H48N4O. The summed E-state index contributed by atoms with van der Waals surface area (Å²) >= 11 is 0. The maximum Gasteiger partial charge on any atom is 0.269 e. The average Bonchev–Trinajstić information content (AvgIpc) is 4.02. The lowest BCUT2D eigenvalue weighted by Gasteiger charge is -2.17. The molecule has 0 amide bonds. The molecule has 5 nitrogen and oxygen atoms in total. The van der Waals surface area contributed by atoms with Crippen LogP contribution >= 0.6 is 0 Å². The molecule has 0 spiro atoms. The maximum atomic E-state index is 9.08. The van der Waals surface area contributed by atoms with E-state index in [0.29, 0.717) is 34.1 Å². The fourth-order valence-electron chi connectivity index (χ4n) is 9.15. The van der Waals surface area contributed by atoms with Crippen molar-refractivity contribution in [1.29, 1.82) is 0 Å². The lowest BCUT2D eigenvalue weighted by Crippen LogP contribution is -2.32. The van der Waals surface area contributed by atoms with Gasteiger partial charge in [0.2, 0.25) is 0 Å². The average molecular weight is 851 g/mol. The van der Waals surface area contributed by atoms with Crippen molar-refractivity contribution in [3.05, 3.63) is 224 Å². The van der Waals surface area contributed by atoms with E-state index in [1.165, 1.54) is 5.56 Å². The van der Waals surface area contributed by atoms with Gasteiger partial charge >= 0.3 is 0 Å². The largest absolute Gasteiger partial charge is 0.458 e. The number of hydrogen-bond acceptors (Lipinski definition) is 2. The van der Waals surface area contributed by atoms with Crippen LogP contribution in [0, 0.1) is 13.3 Å². The van der Waals surface area contributed by atoms with E-state index >= 15 is 0 Å². The van der Waals surface area contributed by atoms with Crippen LogP contribution in [-0.4, -0.2) is 14.1 Å². The topological polar surface area (TPSA) is 35.9 Å². The van der Waals surface area contributed by atoms with E-state index in [1.807, 2.05) is 90.5 Å². The molecule has 0 bridgehead atoms. The number of aryl methyl sites for hydroxylation is 1. The van der Waals surface area contributed by atoms with Gasteiger partial charge in [0.05, 0.1) is 47.1 Å². The van der Waals surface area contributed by atoms with Gasteiger partial charge in [-0.1, -0.05) is 153 Å². The molecule has 5 heteroatoms. The minimum Gasteiger partial charge on any atom is -0.458 e. The standard InChI is InChI=1S/C60H48N4O/c1-4-42(5-2)47-34-35-61-58(37-47)64-55-33-30-46(43-19-9-6-10-20-43)36-54(55)53-32-31-50(39-57(53)64)65-49-26-16-25-48(38-49)62-40-63(59-41(3)18-15-29-56(59)62)60-51(44-21-11-7-12-22-44)27-17-28-52(60)45-23-13-8-14-24-45/h6-39,42H,4-5H2,1-3H3/i7D,8D,11D,12D,13D,14D,21D,22D,23D,24D. The Morgan fingerprint density at radius 3 is 2.05 bits per heavy atom. The van der Waals surface area contributed by atoms with E-state index in [9.17, 15) is 0 Å². The van der Waals surface area contributed by atoms with Gasteiger partial charge in [-0.25, -0.2) is 4.98 Å². The van der Waals surface area contributed by atoms with Gasteiger partial charge in [-0.15, -0.1) is 0 Å². The first-order valence-electron chi connectivity index (χ1n) is 26.8. The van der Waals surface area contributed by atoms with Crippen molar-refractivity contribution in [2.45, 2.75) is 39.5 Å². The van der Waals surface area contributed by atoms with Crippen LogP contribution in [0.1, 0.15) is 57.4 Å². The summed E-state index contributed by atoms with van der Waals surface area (Å²) in [6.45, 7) is 6.33. The minimum absolute atomic E-state index is 0.127. The highest BCUT2D eigenvalue weighted by Crippen LogP contribution is 2.39. The molecule has 0 unspecified atom stereocenters. The zero-order valence-corrected chi connectivity index (χ0v) is 36.0. The molecule has 0 N–H and O–H groups in total. The molecule has 0 aliphatic rings. The van der Waals surface area contributed by atoms with Crippen LogP contribution in [0.2, 0.25) is 0 Å². The van der Waals surface area contributed by atoms with Gasteiger partial charge in [0.1, 0.15) is 17.3 Å². The van der Waals surface area contributed by atoms with E-state index < -0.39 is 60.4 Å². The highest BCUT2D eigenvalue weighted by Gasteiger charge is 2.22. The molecule has 314 valence electrons. The highest BCUT2D eigenvalue weighted by atomic mass is 16.5. The van der Waals surface area contributed by atoms with Gasteiger partial charge in [-0.05, 0) is 125 Å². The molecule has 11 rings (SSSR count). The van der Waals surface area contributed by atoms with Crippen molar-refractivity contribution in [1.82, 2.24) is 14.1 Å². The van der Waals surface area contributed by atoms with Crippen molar-refractivity contribution in [2.24, 2.45) is 0 Å². The Hall–Kier alpha value is -8.02. The number of fused-ring (bicyclic) bond motifs is 4. The van der Waals surface area contributed by atoms with Gasteiger partial charge < -0.3 is 4.74 Å². The predicted octanol–water partition coefficient (Wildman–Crippen LogP) is 15.2. The summed E-state index contributed by atoms with van der Waals surface area (Å²) in [7, 11) is 0. The molecule has 11 aromatic rings. The smallest absolute Gasteiger partial charge is 0.269 e. The van der Waals surface area contributed by atoms with Gasteiger partial charge in [-0.2, -0.15) is 0 Å². The maximum absolute atomic E-state index is 9.08. The summed E-state index contributed by atoms with van der Waals surface area (Å²) < 4.78 is 100. The lowest BCUT2D eigenvalue weighted by molar-refractivity contribution is -0.571. The molecule has 8 aromatic carbocycles. The third-order valence-electron chi connectivity index (χ3n) is 12.3. The van der Waals surface area contributed by atoms with E-state index in [4.69, 9.17) is 23.4 Å². The Morgan fingerprint density at radius 2 is 1.31 bits per heavy atom. The van der Waals surface area contributed by atoms with Crippen molar-refractivity contribution in [2.75, 3.05) is 0 Å². The molecule has 3 heterocycles. The van der Waals surface area contributed by atoms with Crippen LogP contribution in [0.3, 0.4) is 0 Å². The first-order chi connectivity index (χ1) is 36.2. The molecule has 0 atom stereocenters. The molecule has 65 heavy (non-hydrogen) atoms. The van der Waals surface area contributed by atoms with Crippen LogP contribution in [0.15, 0.2) is 206 Å². The van der Waals surface area contributed by atoms with Crippen LogP contribution < -0.4 is 9.30 Å². The number of pyridine rings is 1. The molecule has 0 fully saturated rings. The second-order valence-electron chi connectivity index (χ2n) is 16.1. The van der Waals surface area contributed by atoms with Crippen LogP contribution in [0.25, 0.3) is 83.4 Å². The third-order valence-corrected chi connectivity index (χ3v) is 12.3. The van der Waals surface area contributed by atoms with E-state index in [0.717, 1.165) is 57.2 Å². The lowest BCUT2D eigenvalue weighted by atomic mass is 9.95. The number of rotatable bonds is 11. The van der Waals surface area contributed by atoms with E-state index in [2.05, 4.69) is 73.3 Å². The Kier molecular flexibility index (Phi) is 7.85. The zero-order chi connectivity index (χ0) is 52.6. The number of aromatic nitrogens is 4. The molecule has 3 aromatic heterocycles. The fraction of sp³-hybridized carbons (Fsp3) is 0.100. The summed E-state index contributed by atoms with van der Waals surface area (Å²) in [5.41, 5.74) is 8.35. The normalized spacial score (nSPS) is 13.7. The minimum atomic E-state index is -0.565. The molecular weight excluding hydrogens is 793 g/mol. The van der Waals surface area contributed by atoms with Gasteiger partial charge in [0, 0.05) is 23.0 Å². The van der Waals surface area contributed by atoms with Crippen LogP contribution in [-0.2, 0) is 0 Å². The number of hydrogen-bond donors (Lipinski definition) is 0. The number of ether oxygens (including phenoxy) is 1. The van der Waals surface area contributed by atoms with Crippen molar-refractivity contribution >= 4 is 32.8 Å². The molecule has 0 aliphatic heterocycles. The summed E-state index contributed by atoms with van der Waals surface area (Å²) in [4.78, 5) is 4.94. The van der Waals surface area contributed by atoms with Crippen LogP contribution in [0.5, 0.6) is 11.5 Å². The summed E-state index contributed by atoms with van der Waals surface area (Å²) in [5, 5.41) is 2.12. The number of para-hydroxylation sites is 2. The third kappa shape index (κ3) is 7.25. The summed E-state index contributed by atoms with van der Waals surface area (Å²) in [5.74, 6) is 2.31. The first kappa shape index (κ1) is 30.1. The zero-order valence-electron chi connectivity index (χ0n) is 46.0. The summed E-state index contributed by atoms with van der Waals surface area (Å²) in [6, 6.07) is 40.1. The van der Waals surface area contributed by atoms with E-state index in [-0.39, 0.29) is 27.9 Å². The van der Waals surface area contributed by atoms with Gasteiger partial charge in [0.15, 0.2) is 0 Å². The van der Waals surface area contributed by atoms with Crippen molar-refractivity contribution < 1.29 is 23.0 Å². The number of benzene rings is 8. The monoisotopic (exact) mass is 850 g/mol.